The van der Waals surface area contributed by atoms with Gasteiger partial charge in [-0.1, -0.05) is 24.0 Å². The fourth-order valence-corrected chi connectivity index (χ4v) is 5.49. The van der Waals surface area contributed by atoms with E-state index in [2.05, 4.69) is 11.8 Å². The number of aliphatic hydroxyl groups excluding tert-OH is 1. The SMILES string of the molecule is CCOc1ccc(C#CC2CCC(c3ccc(C4CCC(CO)CC4)c(F)c3F)CC2)c(F)c1F. The molecule has 0 saturated heterocycles. The van der Waals surface area contributed by atoms with Crippen molar-refractivity contribution in [3.8, 4) is 17.6 Å². The summed E-state index contributed by atoms with van der Waals surface area (Å²) >= 11 is 0. The topological polar surface area (TPSA) is 29.5 Å². The summed E-state index contributed by atoms with van der Waals surface area (Å²) in [4.78, 5) is 0. The van der Waals surface area contributed by atoms with E-state index in [0.717, 1.165) is 25.7 Å². The highest BCUT2D eigenvalue weighted by atomic mass is 19.2. The number of ether oxygens (including phenoxy) is 1. The van der Waals surface area contributed by atoms with Crippen LogP contribution in [0.4, 0.5) is 17.6 Å². The van der Waals surface area contributed by atoms with E-state index < -0.39 is 23.3 Å². The van der Waals surface area contributed by atoms with Crippen LogP contribution in [0, 0.1) is 46.9 Å². The summed E-state index contributed by atoms with van der Waals surface area (Å²) < 4.78 is 63.4. The summed E-state index contributed by atoms with van der Waals surface area (Å²) in [5.74, 6) is 2.30. The van der Waals surface area contributed by atoms with Crippen LogP contribution in [0.1, 0.15) is 86.8 Å². The van der Waals surface area contributed by atoms with Crippen LogP contribution in [-0.4, -0.2) is 18.3 Å². The Morgan fingerprint density at radius 2 is 1.34 bits per heavy atom. The number of hydrogen-bond acceptors (Lipinski definition) is 2. The lowest BCUT2D eigenvalue weighted by molar-refractivity contribution is 0.181. The Hall–Kier alpha value is -2.52. The number of benzene rings is 2. The van der Waals surface area contributed by atoms with Gasteiger partial charge in [-0.15, -0.1) is 0 Å². The molecule has 0 spiro atoms. The maximum absolute atomic E-state index is 15.1. The molecular formula is C29H32F4O2. The second-order valence-electron chi connectivity index (χ2n) is 9.76. The maximum atomic E-state index is 15.1. The summed E-state index contributed by atoms with van der Waals surface area (Å²) in [6.45, 7) is 2.09. The van der Waals surface area contributed by atoms with Gasteiger partial charge in [0, 0.05) is 12.5 Å². The van der Waals surface area contributed by atoms with Crippen molar-refractivity contribution < 1.29 is 27.4 Å². The molecule has 188 valence electrons. The average molecular weight is 489 g/mol. The Morgan fingerprint density at radius 1 is 0.771 bits per heavy atom. The number of hydrogen-bond donors (Lipinski definition) is 1. The lowest BCUT2D eigenvalue weighted by Crippen LogP contribution is -2.18. The average Bonchev–Trinajstić information content (AvgIpc) is 2.88. The van der Waals surface area contributed by atoms with Crippen molar-refractivity contribution in [3.05, 3.63) is 64.2 Å². The van der Waals surface area contributed by atoms with Gasteiger partial charge in [0.15, 0.2) is 23.2 Å². The van der Waals surface area contributed by atoms with E-state index in [0.29, 0.717) is 36.8 Å². The Balaban J connectivity index is 1.39. The zero-order valence-electron chi connectivity index (χ0n) is 20.1. The lowest BCUT2D eigenvalue weighted by atomic mass is 9.76. The summed E-state index contributed by atoms with van der Waals surface area (Å²) in [5, 5.41) is 9.31. The molecule has 1 N–H and O–H groups in total. The van der Waals surface area contributed by atoms with Crippen LogP contribution in [0.3, 0.4) is 0 Å². The van der Waals surface area contributed by atoms with Crippen LogP contribution in [-0.2, 0) is 0 Å². The van der Waals surface area contributed by atoms with Gasteiger partial charge in [0.25, 0.3) is 0 Å². The van der Waals surface area contributed by atoms with Crippen LogP contribution in [0.5, 0.6) is 5.75 Å². The van der Waals surface area contributed by atoms with E-state index in [4.69, 9.17) is 4.74 Å². The van der Waals surface area contributed by atoms with Gasteiger partial charge < -0.3 is 9.84 Å². The minimum Gasteiger partial charge on any atom is -0.491 e. The van der Waals surface area contributed by atoms with Crippen molar-refractivity contribution >= 4 is 0 Å². The molecule has 2 nitrogen and oxygen atoms in total. The monoisotopic (exact) mass is 488 g/mol. The molecule has 2 fully saturated rings. The minimum atomic E-state index is -1.04. The van der Waals surface area contributed by atoms with E-state index in [9.17, 15) is 18.3 Å². The molecule has 2 aliphatic rings. The highest BCUT2D eigenvalue weighted by Crippen LogP contribution is 2.41. The first-order valence-corrected chi connectivity index (χ1v) is 12.6. The molecule has 4 rings (SSSR count). The number of rotatable bonds is 5. The minimum absolute atomic E-state index is 0.000179. The first-order chi connectivity index (χ1) is 16.9. The second-order valence-corrected chi connectivity index (χ2v) is 9.76. The van der Waals surface area contributed by atoms with Gasteiger partial charge in [-0.25, -0.2) is 13.2 Å². The molecule has 2 saturated carbocycles. The smallest absolute Gasteiger partial charge is 0.201 e. The van der Waals surface area contributed by atoms with Crippen LogP contribution in [0.2, 0.25) is 0 Å². The molecule has 0 atom stereocenters. The molecule has 2 aliphatic carbocycles. The first kappa shape index (κ1) is 25.6. The van der Waals surface area contributed by atoms with Gasteiger partial charge in [0.05, 0.1) is 12.2 Å². The maximum Gasteiger partial charge on any atom is 0.201 e. The molecule has 0 aromatic heterocycles. The standard InChI is InChI=1S/C29H32F4O2/c1-2-35-25-16-13-22(26(30)29(25)33)12-5-18-3-8-20(9-4-18)23-14-15-24(28(32)27(23)31)21-10-6-19(17-34)7-11-21/h13-16,18-21,34H,2-4,6-11,17H2,1H3. The second kappa shape index (κ2) is 11.5. The van der Waals surface area contributed by atoms with Crippen LogP contribution in [0.25, 0.3) is 0 Å². The van der Waals surface area contributed by atoms with Crippen molar-refractivity contribution in [2.45, 2.75) is 70.1 Å². The van der Waals surface area contributed by atoms with Gasteiger partial charge >= 0.3 is 0 Å². The van der Waals surface area contributed by atoms with Crippen molar-refractivity contribution in [1.29, 1.82) is 0 Å². The largest absolute Gasteiger partial charge is 0.491 e. The highest BCUT2D eigenvalue weighted by molar-refractivity contribution is 5.41. The first-order valence-electron chi connectivity index (χ1n) is 12.6. The molecule has 0 amide bonds. The van der Waals surface area contributed by atoms with E-state index in [1.807, 2.05) is 0 Å². The molecule has 0 aliphatic heterocycles. The Labute approximate surface area is 204 Å². The highest BCUT2D eigenvalue weighted by Gasteiger charge is 2.29. The zero-order valence-corrected chi connectivity index (χ0v) is 20.1. The van der Waals surface area contributed by atoms with E-state index in [-0.39, 0.29) is 48.2 Å². The Morgan fingerprint density at radius 3 is 1.89 bits per heavy atom. The lowest BCUT2D eigenvalue weighted by Gasteiger charge is -2.29. The summed E-state index contributed by atoms with van der Waals surface area (Å²) in [7, 11) is 0. The molecule has 2 aromatic carbocycles. The zero-order chi connectivity index (χ0) is 24.9. The van der Waals surface area contributed by atoms with Gasteiger partial charge in [0.1, 0.15) is 0 Å². The molecule has 0 unspecified atom stereocenters. The van der Waals surface area contributed by atoms with Crippen molar-refractivity contribution in [2.75, 3.05) is 13.2 Å². The molecule has 2 aromatic rings. The fourth-order valence-electron chi connectivity index (χ4n) is 5.49. The summed E-state index contributed by atoms with van der Waals surface area (Å²) in [6.07, 6.45) is 5.91. The third-order valence-corrected chi connectivity index (χ3v) is 7.61. The molecule has 35 heavy (non-hydrogen) atoms. The van der Waals surface area contributed by atoms with Crippen LogP contribution < -0.4 is 4.74 Å². The Bertz CT molecular complexity index is 1090. The van der Waals surface area contributed by atoms with Crippen molar-refractivity contribution in [1.82, 2.24) is 0 Å². The van der Waals surface area contributed by atoms with Gasteiger partial charge in [-0.05, 0) is 99.3 Å². The fraction of sp³-hybridized carbons (Fsp3) is 0.517. The molecule has 6 heteroatoms. The van der Waals surface area contributed by atoms with E-state index in [1.54, 1.807) is 19.1 Å². The molecule has 0 radical (unpaired) electrons. The predicted octanol–water partition coefficient (Wildman–Crippen LogP) is 7.23. The van der Waals surface area contributed by atoms with Gasteiger partial charge in [0.2, 0.25) is 5.82 Å². The van der Waals surface area contributed by atoms with E-state index in [1.165, 1.54) is 12.1 Å². The molecule has 0 bridgehead atoms. The third-order valence-electron chi connectivity index (χ3n) is 7.61. The van der Waals surface area contributed by atoms with Gasteiger partial charge in [-0.2, -0.15) is 4.39 Å². The quantitative estimate of drug-likeness (QED) is 0.355. The third kappa shape index (κ3) is 5.67. The molecule has 0 heterocycles. The predicted molar refractivity (Wildman–Crippen MR) is 127 cm³/mol. The number of halogens is 4. The van der Waals surface area contributed by atoms with Crippen LogP contribution in [0.15, 0.2) is 24.3 Å². The molecular weight excluding hydrogens is 456 g/mol. The number of aliphatic hydroxyl groups is 1. The Kier molecular flexibility index (Phi) is 8.38. The normalized spacial score (nSPS) is 24.5. The summed E-state index contributed by atoms with van der Waals surface area (Å²) in [6, 6.07) is 6.27. The van der Waals surface area contributed by atoms with Crippen molar-refractivity contribution in [2.24, 2.45) is 11.8 Å². The van der Waals surface area contributed by atoms with Crippen molar-refractivity contribution in [3.63, 3.8) is 0 Å². The van der Waals surface area contributed by atoms with Gasteiger partial charge in [-0.3, -0.25) is 0 Å². The van der Waals surface area contributed by atoms with E-state index >= 15 is 4.39 Å². The summed E-state index contributed by atoms with van der Waals surface area (Å²) in [5.41, 5.74) is 0.859. The van der Waals surface area contributed by atoms with Crippen LogP contribution >= 0.6 is 0 Å².